The number of hydrogen-bond acceptors (Lipinski definition) is 3. The lowest BCUT2D eigenvalue weighted by Crippen LogP contribution is -2.10. The first kappa shape index (κ1) is 13.4. The van der Waals surface area contributed by atoms with Gasteiger partial charge in [-0.1, -0.05) is 11.6 Å². The third-order valence-electron chi connectivity index (χ3n) is 3.59. The van der Waals surface area contributed by atoms with E-state index in [0.717, 1.165) is 29.8 Å². The van der Waals surface area contributed by atoms with Crippen LogP contribution in [0.15, 0.2) is 30.3 Å². The van der Waals surface area contributed by atoms with Crippen molar-refractivity contribution in [2.75, 3.05) is 0 Å². The van der Waals surface area contributed by atoms with Crippen LogP contribution in [0.4, 0.5) is 0 Å². The van der Waals surface area contributed by atoms with Gasteiger partial charge in [-0.15, -0.1) is 0 Å². The first-order valence-corrected chi connectivity index (χ1v) is 7.29. The van der Waals surface area contributed by atoms with Crippen LogP contribution >= 0.6 is 11.6 Å². The first-order valence-electron chi connectivity index (χ1n) is 6.91. The third-order valence-corrected chi connectivity index (χ3v) is 3.84. The number of aromatic nitrogens is 1. The summed E-state index contributed by atoms with van der Waals surface area (Å²) in [6, 6.07) is 9.43. The monoisotopic (exact) mass is 288 g/mol. The maximum atomic E-state index is 5.88. The second-order valence-electron chi connectivity index (χ2n) is 5.03. The van der Waals surface area contributed by atoms with Gasteiger partial charge >= 0.3 is 0 Å². The standard InChI is InChI=1S/C16H17ClN2O/c17-13-5-7-14(8-6-13)20-16-12(10-18)9-11-3-1-2-4-15(11)19-16/h5-9H,1-4,10,18H2. The van der Waals surface area contributed by atoms with Gasteiger partial charge in [0, 0.05) is 22.8 Å². The molecule has 4 heteroatoms. The van der Waals surface area contributed by atoms with E-state index in [1.807, 2.05) is 12.1 Å². The van der Waals surface area contributed by atoms with E-state index in [0.29, 0.717) is 17.4 Å². The van der Waals surface area contributed by atoms with Gasteiger partial charge in [-0.25, -0.2) is 4.98 Å². The Kier molecular flexibility index (Phi) is 3.90. The van der Waals surface area contributed by atoms with Gasteiger partial charge in [0.05, 0.1) is 0 Å². The van der Waals surface area contributed by atoms with Crippen LogP contribution in [0, 0.1) is 0 Å². The summed E-state index contributed by atoms with van der Waals surface area (Å²) in [5, 5.41) is 0.690. The highest BCUT2D eigenvalue weighted by Crippen LogP contribution is 2.29. The number of benzene rings is 1. The zero-order chi connectivity index (χ0) is 13.9. The largest absolute Gasteiger partial charge is 0.439 e. The minimum atomic E-state index is 0.434. The van der Waals surface area contributed by atoms with Gasteiger partial charge in [0.15, 0.2) is 0 Å². The minimum absolute atomic E-state index is 0.434. The van der Waals surface area contributed by atoms with Crippen LogP contribution < -0.4 is 10.5 Å². The molecule has 3 nitrogen and oxygen atoms in total. The van der Waals surface area contributed by atoms with Crippen molar-refractivity contribution in [3.05, 3.63) is 52.2 Å². The highest BCUT2D eigenvalue weighted by Gasteiger charge is 2.15. The molecule has 104 valence electrons. The molecule has 0 unspecified atom stereocenters. The summed E-state index contributed by atoms with van der Waals surface area (Å²) in [6.07, 6.45) is 4.55. The second-order valence-corrected chi connectivity index (χ2v) is 5.46. The van der Waals surface area contributed by atoms with Gasteiger partial charge in [-0.3, -0.25) is 0 Å². The molecule has 1 aromatic carbocycles. The fraction of sp³-hybridized carbons (Fsp3) is 0.312. The van der Waals surface area contributed by atoms with Gasteiger partial charge in [0.2, 0.25) is 5.88 Å². The first-order chi connectivity index (χ1) is 9.76. The molecule has 0 saturated carbocycles. The Morgan fingerprint density at radius 3 is 2.65 bits per heavy atom. The average Bonchev–Trinajstić information content (AvgIpc) is 2.49. The van der Waals surface area contributed by atoms with E-state index in [1.54, 1.807) is 12.1 Å². The number of ether oxygens (including phenoxy) is 1. The topological polar surface area (TPSA) is 48.1 Å². The molecule has 1 aliphatic carbocycles. The average molecular weight is 289 g/mol. The zero-order valence-corrected chi connectivity index (χ0v) is 12.0. The molecule has 0 fully saturated rings. The van der Waals surface area contributed by atoms with Crippen LogP contribution in [0.3, 0.4) is 0 Å². The second kappa shape index (κ2) is 5.81. The molecule has 0 spiro atoms. The quantitative estimate of drug-likeness (QED) is 0.933. The van der Waals surface area contributed by atoms with Crippen molar-refractivity contribution in [1.29, 1.82) is 0 Å². The van der Waals surface area contributed by atoms with Gasteiger partial charge in [0.1, 0.15) is 5.75 Å². The van der Waals surface area contributed by atoms with Crippen LogP contribution in [0.2, 0.25) is 5.02 Å². The van der Waals surface area contributed by atoms with Crippen molar-refractivity contribution < 1.29 is 4.74 Å². The molecule has 1 aliphatic rings. The number of hydrogen-bond donors (Lipinski definition) is 1. The number of nitrogens with zero attached hydrogens (tertiary/aromatic N) is 1. The lowest BCUT2D eigenvalue weighted by atomic mass is 9.95. The Labute approximate surface area is 123 Å². The molecule has 20 heavy (non-hydrogen) atoms. The Morgan fingerprint density at radius 1 is 1.15 bits per heavy atom. The molecule has 0 bridgehead atoms. The predicted molar refractivity (Wildman–Crippen MR) is 80.3 cm³/mol. The van der Waals surface area contributed by atoms with Gasteiger partial charge in [0.25, 0.3) is 0 Å². The van der Waals surface area contributed by atoms with E-state index < -0.39 is 0 Å². The number of rotatable bonds is 3. The minimum Gasteiger partial charge on any atom is -0.439 e. The smallest absolute Gasteiger partial charge is 0.223 e. The van der Waals surface area contributed by atoms with Crippen molar-refractivity contribution in [2.24, 2.45) is 5.73 Å². The Balaban J connectivity index is 1.93. The Morgan fingerprint density at radius 2 is 1.90 bits per heavy atom. The van der Waals surface area contributed by atoms with Crippen LogP contribution in [-0.4, -0.2) is 4.98 Å². The normalized spacial score (nSPS) is 13.9. The number of nitrogens with two attached hydrogens (primary N) is 1. The van der Waals surface area contributed by atoms with Gasteiger partial charge in [-0.05, 0) is 61.6 Å². The van der Waals surface area contributed by atoms with Gasteiger partial charge < -0.3 is 10.5 Å². The summed E-state index contributed by atoms with van der Waals surface area (Å²) in [6.45, 7) is 0.434. The maximum Gasteiger partial charge on any atom is 0.223 e. The Bertz CT molecular complexity index is 611. The summed E-state index contributed by atoms with van der Waals surface area (Å²) < 4.78 is 5.87. The van der Waals surface area contributed by atoms with Crippen LogP contribution in [-0.2, 0) is 19.4 Å². The van der Waals surface area contributed by atoms with Crippen molar-refractivity contribution in [1.82, 2.24) is 4.98 Å². The molecule has 0 saturated heterocycles. The van der Waals surface area contributed by atoms with Crippen LogP contribution in [0.5, 0.6) is 11.6 Å². The molecule has 0 aliphatic heterocycles. The fourth-order valence-electron chi connectivity index (χ4n) is 2.51. The highest BCUT2D eigenvalue weighted by molar-refractivity contribution is 6.30. The molecule has 0 amide bonds. The lowest BCUT2D eigenvalue weighted by molar-refractivity contribution is 0.451. The molecule has 3 rings (SSSR count). The van der Waals surface area contributed by atoms with E-state index in [4.69, 9.17) is 22.1 Å². The van der Waals surface area contributed by atoms with Crippen LogP contribution in [0.25, 0.3) is 0 Å². The summed E-state index contributed by atoms with van der Waals surface area (Å²) in [5.41, 5.74) is 9.25. The summed E-state index contributed by atoms with van der Waals surface area (Å²) in [4.78, 5) is 4.67. The summed E-state index contributed by atoms with van der Waals surface area (Å²) in [5.74, 6) is 1.35. The van der Waals surface area contributed by atoms with Crippen molar-refractivity contribution >= 4 is 11.6 Å². The molecular formula is C16H17ClN2O. The lowest BCUT2D eigenvalue weighted by Gasteiger charge is -2.18. The number of aryl methyl sites for hydroxylation is 2. The Hall–Kier alpha value is -1.58. The molecule has 2 aromatic rings. The molecule has 1 heterocycles. The van der Waals surface area contributed by atoms with E-state index >= 15 is 0 Å². The molecule has 0 radical (unpaired) electrons. The molecule has 1 aromatic heterocycles. The highest BCUT2D eigenvalue weighted by atomic mass is 35.5. The maximum absolute atomic E-state index is 5.88. The van der Waals surface area contributed by atoms with E-state index in [9.17, 15) is 0 Å². The number of fused-ring (bicyclic) bond motifs is 1. The van der Waals surface area contributed by atoms with E-state index in [1.165, 1.54) is 18.4 Å². The molecular weight excluding hydrogens is 272 g/mol. The molecule has 0 atom stereocenters. The van der Waals surface area contributed by atoms with Crippen LogP contribution in [0.1, 0.15) is 29.7 Å². The van der Waals surface area contributed by atoms with Crippen molar-refractivity contribution in [3.63, 3.8) is 0 Å². The van der Waals surface area contributed by atoms with E-state index in [2.05, 4.69) is 11.1 Å². The van der Waals surface area contributed by atoms with Crippen molar-refractivity contribution in [2.45, 2.75) is 32.2 Å². The van der Waals surface area contributed by atoms with Crippen molar-refractivity contribution in [3.8, 4) is 11.6 Å². The zero-order valence-electron chi connectivity index (χ0n) is 11.2. The SMILES string of the molecule is NCc1cc2c(nc1Oc1ccc(Cl)cc1)CCCC2. The van der Waals surface area contributed by atoms with Gasteiger partial charge in [-0.2, -0.15) is 0 Å². The number of halogens is 1. The summed E-state index contributed by atoms with van der Waals surface area (Å²) in [7, 11) is 0. The number of pyridine rings is 1. The predicted octanol–water partition coefficient (Wildman–Crippen LogP) is 3.86. The van der Waals surface area contributed by atoms with E-state index in [-0.39, 0.29) is 0 Å². The molecule has 2 N–H and O–H groups in total. The fourth-order valence-corrected chi connectivity index (χ4v) is 2.64. The summed E-state index contributed by atoms with van der Waals surface area (Å²) >= 11 is 5.88. The third kappa shape index (κ3) is 2.79.